The lowest BCUT2D eigenvalue weighted by atomic mass is 9.82. The molecule has 0 fully saturated rings. The van der Waals surface area contributed by atoms with E-state index in [1.165, 1.54) is 5.57 Å². The highest BCUT2D eigenvalue weighted by molar-refractivity contribution is 6.09. The Labute approximate surface area is 300 Å². The Morgan fingerprint density at radius 2 is 1.76 bits per heavy atom. The number of aliphatic hydroxyl groups excluding tert-OH is 1. The SMILES string of the molecule is COc1ccc(C(=O)Nc2ccc3c(c2)[C@](O)([C@@H](C)/C=C/CC(=O)N2Cc4ccccc4C[C@H]2CO)C(=O)N3C/C=C(\C)CCC=C(C)C)cc1. The van der Waals surface area contributed by atoms with Gasteiger partial charge in [-0.1, -0.05) is 66.6 Å². The smallest absolute Gasteiger partial charge is 0.264 e. The lowest BCUT2D eigenvalue weighted by molar-refractivity contribution is -0.139. The molecule has 3 aromatic carbocycles. The number of nitrogens with zero attached hydrogens (tertiary/aromatic N) is 2. The van der Waals surface area contributed by atoms with Crippen molar-refractivity contribution in [2.45, 2.75) is 71.6 Å². The van der Waals surface area contributed by atoms with Crippen LogP contribution >= 0.6 is 0 Å². The van der Waals surface area contributed by atoms with Crippen LogP contribution in [0.5, 0.6) is 5.75 Å². The van der Waals surface area contributed by atoms with Crippen LogP contribution in [0.25, 0.3) is 0 Å². The van der Waals surface area contributed by atoms with Gasteiger partial charge in [-0.2, -0.15) is 0 Å². The van der Waals surface area contributed by atoms with Crippen LogP contribution in [-0.2, 0) is 28.2 Å². The Hall–Kier alpha value is -4.99. The molecular weight excluding hydrogens is 642 g/mol. The van der Waals surface area contributed by atoms with Crippen LogP contribution < -0.4 is 15.0 Å². The average molecular weight is 692 g/mol. The van der Waals surface area contributed by atoms with E-state index >= 15 is 0 Å². The number of ether oxygens (including phenoxy) is 1. The van der Waals surface area contributed by atoms with Gasteiger partial charge < -0.3 is 30.1 Å². The molecule has 0 aliphatic carbocycles. The number of amides is 3. The Morgan fingerprint density at radius 3 is 2.45 bits per heavy atom. The molecule has 2 heterocycles. The van der Waals surface area contributed by atoms with Crippen molar-refractivity contribution in [3.63, 3.8) is 0 Å². The minimum Gasteiger partial charge on any atom is -0.497 e. The van der Waals surface area contributed by atoms with Gasteiger partial charge in [-0.15, -0.1) is 0 Å². The van der Waals surface area contributed by atoms with Gasteiger partial charge in [0.15, 0.2) is 5.60 Å². The molecule has 268 valence electrons. The number of fused-ring (bicyclic) bond motifs is 2. The minimum atomic E-state index is -1.95. The van der Waals surface area contributed by atoms with Gasteiger partial charge in [-0.05, 0) is 93.6 Å². The van der Waals surface area contributed by atoms with Crippen LogP contribution in [0.15, 0.2) is 102 Å². The molecule has 0 bridgehead atoms. The lowest BCUT2D eigenvalue weighted by Crippen LogP contribution is -2.46. The maximum Gasteiger partial charge on any atom is 0.264 e. The molecule has 3 atom stereocenters. The fourth-order valence-electron chi connectivity index (χ4n) is 6.76. The Kier molecular flexibility index (Phi) is 12.0. The number of rotatable bonds is 13. The molecule has 3 aromatic rings. The molecule has 9 nitrogen and oxygen atoms in total. The van der Waals surface area contributed by atoms with Crippen LogP contribution in [0.4, 0.5) is 11.4 Å². The first-order valence-corrected chi connectivity index (χ1v) is 17.5. The van der Waals surface area contributed by atoms with E-state index in [9.17, 15) is 24.6 Å². The molecule has 0 radical (unpaired) electrons. The van der Waals surface area contributed by atoms with Gasteiger partial charge in [0.2, 0.25) is 5.91 Å². The number of carbonyl (C=O) groups excluding carboxylic acids is 3. The van der Waals surface area contributed by atoms with E-state index < -0.39 is 17.4 Å². The summed E-state index contributed by atoms with van der Waals surface area (Å²) in [5.41, 5.74) is 4.44. The van der Waals surface area contributed by atoms with E-state index in [4.69, 9.17) is 4.74 Å². The quantitative estimate of drug-likeness (QED) is 0.172. The summed E-state index contributed by atoms with van der Waals surface area (Å²) in [6.07, 6.45) is 9.99. The summed E-state index contributed by atoms with van der Waals surface area (Å²) in [6.45, 7) is 8.48. The molecule has 3 N–H and O–H groups in total. The number of methoxy groups -OCH3 is 1. The largest absolute Gasteiger partial charge is 0.497 e. The number of hydrogen-bond acceptors (Lipinski definition) is 6. The zero-order valence-electron chi connectivity index (χ0n) is 30.2. The van der Waals surface area contributed by atoms with E-state index in [-0.39, 0.29) is 37.4 Å². The number of anilines is 2. The Bertz CT molecular complexity index is 1840. The number of hydrogen-bond donors (Lipinski definition) is 3. The zero-order chi connectivity index (χ0) is 36.7. The summed E-state index contributed by atoms with van der Waals surface area (Å²) >= 11 is 0. The standard InChI is InChI=1S/C42H49N3O6/c1-28(2)10-8-11-29(3)22-23-44-38-21-18-34(43-40(48)31-16-19-36(51-5)20-17-31)25-37(38)42(50,41(44)49)30(4)12-9-15-39(47)45-26-33-14-7-6-13-32(33)24-35(45)27-46/h6-7,9-10,12-14,16-22,25,30,35,46,50H,8,11,15,23-24,26-27H2,1-5H3,(H,43,48)/b12-9+,29-22+/t30-,35-,42+/m0/s1. The number of benzene rings is 3. The Morgan fingerprint density at radius 1 is 1.04 bits per heavy atom. The topological polar surface area (TPSA) is 119 Å². The molecule has 0 spiro atoms. The highest BCUT2D eigenvalue weighted by Gasteiger charge is 2.52. The Balaban J connectivity index is 1.38. The molecule has 5 rings (SSSR count). The van der Waals surface area contributed by atoms with Crippen molar-refractivity contribution in [1.29, 1.82) is 0 Å². The molecule has 2 aliphatic heterocycles. The van der Waals surface area contributed by atoms with Crippen LogP contribution in [0, 0.1) is 5.92 Å². The molecule has 2 aliphatic rings. The van der Waals surface area contributed by atoms with Crippen molar-refractivity contribution in [2.75, 3.05) is 30.5 Å². The molecule has 0 unspecified atom stereocenters. The molecule has 3 amide bonds. The first kappa shape index (κ1) is 37.3. The molecular formula is C42H49N3O6. The maximum atomic E-state index is 14.2. The number of nitrogens with one attached hydrogen (secondary N) is 1. The van der Waals surface area contributed by atoms with Gasteiger partial charge in [0.1, 0.15) is 5.75 Å². The van der Waals surface area contributed by atoms with Crippen LogP contribution in [0.3, 0.4) is 0 Å². The molecule has 0 saturated heterocycles. The monoisotopic (exact) mass is 691 g/mol. The van der Waals surface area contributed by atoms with Crippen molar-refractivity contribution in [3.8, 4) is 5.75 Å². The zero-order valence-corrected chi connectivity index (χ0v) is 30.2. The summed E-state index contributed by atoms with van der Waals surface area (Å²) in [7, 11) is 1.56. The number of allylic oxidation sites excluding steroid dienone is 3. The molecule has 9 heteroatoms. The van der Waals surface area contributed by atoms with Gasteiger partial charge >= 0.3 is 0 Å². The van der Waals surface area contributed by atoms with E-state index in [1.54, 1.807) is 78.4 Å². The third-order valence-corrected chi connectivity index (χ3v) is 9.86. The summed E-state index contributed by atoms with van der Waals surface area (Å²) in [6, 6.07) is 19.5. The van der Waals surface area contributed by atoms with Gasteiger partial charge in [0.05, 0.1) is 25.4 Å². The predicted molar refractivity (Wildman–Crippen MR) is 201 cm³/mol. The summed E-state index contributed by atoms with van der Waals surface area (Å²) in [4.78, 5) is 44.0. The van der Waals surface area contributed by atoms with Crippen LogP contribution in [0.2, 0.25) is 0 Å². The highest BCUT2D eigenvalue weighted by Crippen LogP contribution is 2.46. The van der Waals surface area contributed by atoms with Gasteiger partial charge in [0, 0.05) is 42.2 Å². The summed E-state index contributed by atoms with van der Waals surface area (Å²) in [5, 5.41) is 25.3. The number of aliphatic hydroxyl groups is 2. The normalized spacial score (nSPS) is 19.1. The highest BCUT2D eigenvalue weighted by atomic mass is 16.5. The van der Waals surface area contributed by atoms with Crippen molar-refractivity contribution in [3.05, 3.63) is 124 Å². The molecule has 51 heavy (non-hydrogen) atoms. The van der Waals surface area contributed by atoms with E-state index in [0.717, 1.165) is 29.5 Å². The van der Waals surface area contributed by atoms with Crippen molar-refractivity contribution < 1.29 is 29.3 Å². The second-order valence-corrected chi connectivity index (χ2v) is 13.7. The average Bonchev–Trinajstić information content (AvgIpc) is 3.35. The molecule has 0 aromatic heterocycles. The fourth-order valence-corrected chi connectivity index (χ4v) is 6.76. The van der Waals surface area contributed by atoms with E-state index in [0.29, 0.717) is 41.2 Å². The lowest BCUT2D eigenvalue weighted by Gasteiger charge is -2.36. The first-order chi connectivity index (χ1) is 24.5. The minimum absolute atomic E-state index is 0.0510. The van der Waals surface area contributed by atoms with Crippen molar-refractivity contribution >= 4 is 29.1 Å². The second-order valence-electron chi connectivity index (χ2n) is 13.7. The fraction of sp³-hybridized carbons (Fsp3) is 0.357. The predicted octanol–water partition coefficient (Wildman–Crippen LogP) is 6.70. The van der Waals surface area contributed by atoms with Crippen LogP contribution in [-0.4, -0.2) is 59.1 Å². The van der Waals surface area contributed by atoms with Gasteiger partial charge in [-0.3, -0.25) is 14.4 Å². The van der Waals surface area contributed by atoms with E-state index in [2.05, 4.69) is 25.2 Å². The number of carbonyl (C=O) groups is 3. The third kappa shape index (κ3) is 8.32. The van der Waals surface area contributed by atoms with Crippen molar-refractivity contribution in [1.82, 2.24) is 4.90 Å². The second kappa shape index (κ2) is 16.4. The summed E-state index contributed by atoms with van der Waals surface area (Å²) < 4.78 is 5.20. The van der Waals surface area contributed by atoms with Crippen LogP contribution in [0.1, 0.15) is 74.0 Å². The third-order valence-electron chi connectivity index (χ3n) is 9.86. The molecule has 0 saturated carbocycles. The van der Waals surface area contributed by atoms with Gasteiger partial charge in [-0.25, -0.2) is 0 Å². The van der Waals surface area contributed by atoms with E-state index in [1.807, 2.05) is 37.3 Å². The first-order valence-electron chi connectivity index (χ1n) is 17.5. The van der Waals surface area contributed by atoms with Gasteiger partial charge in [0.25, 0.3) is 11.8 Å². The summed E-state index contributed by atoms with van der Waals surface area (Å²) in [5.74, 6) is -1.04. The van der Waals surface area contributed by atoms with Crippen molar-refractivity contribution in [2.24, 2.45) is 5.92 Å². The maximum absolute atomic E-state index is 14.2.